The molecule has 1 aromatic carbocycles. The zero-order valence-electron chi connectivity index (χ0n) is 10.9. The van der Waals surface area contributed by atoms with Crippen LogP contribution in [0.15, 0.2) is 18.2 Å². The van der Waals surface area contributed by atoms with Crippen molar-refractivity contribution in [3.8, 4) is 11.1 Å². The van der Waals surface area contributed by atoms with E-state index in [0.717, 1.165) is 12.1 Å². The van der Waals surface area contributed by atoms with Gasteiger partial charge in [-0.3, -0.25) is 4.98 Å². The van der Waals surface area contributed by atoms with Gasteiger partial charge in [0.25, 0.3) is 0 Å². The molecule has 1 heteroatoms. The van der Waals surface area contributed by atoms with E-state index in [-0.39, 0.29) is 0 Å². The second-order valence-electron chi connectivity index (χ2n) is 5.11. The first-order valence-corrected chi connectivity index (χ1v) is 6.14. The first kappa shape index (κ1) is 10.5. The minimum absolute atomic E-state index is 1.00. The van der Waals surface area contributed by atoms with Crippen LogP contribution in [0.1, 0.15) is 33.6 Å². The van der Waals surface area contributed by atoms with Crippen molar-refractivity contribution in [2.45, 2.75) is 34.1 Å². The van der Waals surface area contributed by atoms with Crippen molar-refractivity contribution in [2.24, 2.45) is 0 Å². The fraction of sp³-hybridized carbons (Fsp3) is 0.312. The molecule has 0 amide bonds. The third kappa shape index (κ3) is 1.42. The first-order valence-electron chi connectivity index (χ1n) is 6.14. The maximum Gasteiger partial charge on any atom is 0.0529 e. The van der Waals surface area contributed by atoms with Crippen LogP contribution in [0.25, 0.3) is 11.1 Å². The molecule has 1 aliphatic rings. The molecule has 0 unspecified atom stereocenters. The van der Waals surface area contributed by atoms with E-state index in [1.807, 2.05) is 0 Å². The molecule has 0 fully saturated rings. The highest BCUT2D eigenvalue weighted by molar-refractivity contribution is 5.80. The number of hydrogen-bond donors (Lipinski definition) is 0. The predicted octanol–water partition coefficient (Wildman–Crippen LogP) is 3.89. The van der Waals surface area contributed by atoms with Crippen LogP contribution in [0.2, 0.25) is 0 Å². The second kappa shape index (κ2) is 3.43. The molecule has 2 aromatic rings. The molecular weight excluding hydrogens is 206 g/mol. The highest BCUT2D eigenvalue weighted by Crippen LogP contribution is 2.40. The lowest BCUT2D eigenvalue weighted by molar-refractivity contribution is 1.06. The van der Waals surface area contributed by atoms with Crippen LogP contribution >= 0.6 is 0 Å². The Morgan fingerprint density at radius 3 is 2.53 bits per heavy atom. The van der Waals surface area contributed by atoms with E-state index in [9.17, 15) is 0 Å². The Balaban J connectivity index is 2.34. The third-order valence-corrected chi connectivity index (χ3v) is 3.90. The van der Waals surface area contributed by atoms with Crippen molar-refractivity contribution >= 4 is 0 Å². The van der Waals surface area contributed by atoms with E-state index in [4.69, 9.17) is 0 Å². The minimum atomic E-state index is 1.00. The first-order chi connectivity index (χ1) is 8.08. The molecule has 0 aliphatic heterocycles. The van der Waals surface area contributed by atoms with Crippen molar-refractivity contribution in [1.29, 1.82) is 0 Å². The van der Waals surface area contributed by atoms with Crippen LogP contribution in [0.3, 0.4) is 0 Å². The molecule has 0 saturated carbocycles. The highest BCUT2D eigenvalue weighted by Gasteiger charge is 2.23. The lowest BCUT2D eigenvalue weighted by atomic mass is 9.94. The molecule has 0 atom stereocenters. The number of fused-ring (bicyclic) bond motifs is 3. The SMILES string of the molecule is Cc1ccc2c(n1)Cc1c(C)c(C)cc(C)c1-2. The van der Waals surface area contributed by atoms with Crippen molar-refractivity contribution < 1.29 is 0 Å². The fourth-order valence-electron chi connectivity index (χ4n) is 2.90. The molecule has 0 spiro atoms. The van der Waals surface area contributed by atoms with Crippen LogP contribution in [0.5, 0.6) is 0 Å². The molecule has 0 bridgehead atoms. The van der Waals surface area contributed by atoms with Crippen molar-refractivity contribution in [3.05, 3.63) is 51.8 Å². The maximum atomic E-state index is 4.68. The van der Waals surface area contributed by atoms with Crippen LogP contribution < -0.4 is 0 Å². The van der Waals surface area contributed by atoms with Gasteiger partial charge < -0.3 is 0 Å². The summed E-state index contributed by atoms with van der Waals surface area (Å²) >= 11 is 0. The lowest BCUT2D eigenvalue weighted by Crippen LogP contribution is -1.93. The van der Waals surface area contributed by atoms with Crippen molar-refractivity contribution in [3.63, 3.8) is 0 Å². The molecule has 0 radical (unpaired) electrons. The van der Waals surface area contributed by atoms with Gasteiger partial charge in [-0.05, 0) is 61.6 Å². The van der Waals surface area contributed by atoms with Gasteiger partial charge in [-0.2, -0.15) is 0 Å². The van der Waals surface area contributed by atoms with Crippen molar-refractivity contribution in [2.75, 3.05) is 0 Å². The molecule has 0 N–H and O–H groups in total. The zero-order chi connectivity index (χ0) is 12.2. The van der Waals surface area contributed by atoms with Gasteiger partial charge in [-0.1, -0.05) is 12.1 Å². The van der Waals surface area contributed by atoms with Gasteiger partial charge in [-0.25, -0.2) is 0 Å². The molecule has 86 valence electrons. The van der Waals surface area contributed by atoms with Crippen molar-refractivity contribution in [1.82, 2.24) is 4.98 Å². The predicted molar refractivity (Wildman–Crippen MR) is 71.4 cm³/mol. The molecule has 0 saturated heterocycles. The molecule has 3 rings (SSSR count). The van der Waals surface area contributed by atoms with Gasteiger partial charge in [0.15, 0.2) is 0 Å². The molecule has 1 aromatic heterocycles. The topological polar surface area (TPSA) is 12.9 Å². The normalized spacial score (nSPS) is 12.5. The summed E-state index contributed by atoms with van der Waals surface area (Å²) in [7, 11) is 0. The number of aromatic nitrogens is 1. The molecule has 1 aliphatic carbocycles. The number of nitrogens with zero attached hydrogens (tertiary/aromatic N) is 1. The average Bonchev–Trinajstić information content (AvgIpc) is 2.64. The average molecular weight is 223 g/mol. The Bertz CT molecular complexity index is 624. The quantitative estimate of drug-likeness (QED) is 0.563. The monoisotopic (exact) mass is 223 g/mol. The number of aryl methyl sites for hydroxylation is 3. The number of rotatable bonds is 0. The van der Waals surface area contributed by atoms with Gasteiger partial charge in [-0.15, -0.1) is 0 Å². The van der Waals surface area contributed by atoms with Crippen LogP contribution in [-0.4, -0.2) is 4.98 Å². The van der Waals surface area contributed by atoms with E-state index in [2.05, 4.69) is 50.9 Å². The van der Waals surface area contributed by atoms with Gasteiger partial charge in [0.05, 0.1) is 5.69 Å². The fourth-order valence-corrected chi connectivity index (χ4v) is 2.90. The molecule has 17 heavy (non-hydrogen) atoms. The van der Waals surface area contributed by atoms with E-state index < -0.39 is 0 Å². The number of benzene rings is 1. The summed E-state index contributed by atoms with van der Waals surface area (Å²) in [5.41, 5.74) is 10.8. The van der Waals surface area contributed by atoms with Crippen LogP contribution in [-0.2, 0) is 6.42 Å². The molecular formula is C16H17N. The lowest BCUT2D eigenvalue weighted by Gasteiger charge is -2.11. The van der Waals surface area contributed by atoms with E-state index >= 15 is 0 Å². The van der Waals surface area contributed by atoms with Gasteiger partial charge in [0.2, 0.25) is 0 Å². The van der Waals surface area contributed by atoms with E-state index in [1.165, 1.54) is 39.1 Å². The van der Waals surface area contributed by atoms with Gasteiger partial charge >= 0.3 is 0 Å². The Labute approximate surface area is 103 Å². The highest BCUT2D eigenvalue weighted by atomic mass is 14.7. The van der Waals surface area contributed by atoms with E-state index in [1.54, 1.807) is 0 Å². The third-order valence-electron chi connectivity index (χ3n) is 3.90. The number of hydrogen-bond acceptors (Lipinski definition) is 1. The Hall–Kier alpha value is -1.63. The molecule has 1 nitrogen and oxygen atoms in total. The van der Waals surface area contributed by atoms with Gasteiger partial charge in [0.1, 0.15) is 0 Å². The summed E-state index contributed by atoms with van der Waals surface area (Å²) in [5.74, 6) is 0. The van der Waals surface area contributed by atoms with Gasteiger partial charge in [0, 0.05) is 17.7 Å². The van der Waals surface area contributed by atoms with E-state index in [0.29, 0.717) is 0 Å². The maximum absolute atomic E-state index is 4.68. The standard InChI is InChI=1S/C16H17N/c1-9-7-10(2)16-13-6-5-11(3)17-15(13)8-14(16)12(9)4/h5-7H,8H2,1-4H3. The van der Waals surface area contributed by atoms with Crippen LogP contribution in [0.4, 0.5) is 0 Å². The summed E-state index contributed by atoms with van der Waals surface area (Å²) in [5, 5.41) is 0. The summed E-state index contributed by atoms with van der Waals surface area (Å²) in [6.45, 7) is 8.70. The minimum Gasteiger partial charge on any atom is -0.257 e. The number of pyridine rings is 1. The summed E-state index contributed by atoms with van der Waals surface area (Å²) < 4.78 is 0. The van der Waals surface area contributed by atoms with Crippen LogP contribution in [0, 0.1) is 27.7 Å². The summed E-state index contributed by atoms with van der Waals surface area (Å²) in [4.78, 5) is 4.68. The Kier molecular flexibility index (Phi) is 2.12. The Morgan fingerprint density at radius 1 is 1.00 bits per heavy atom. The second-order valence-corrected chi connectivity index (χ2v) is 5.11. The zero-order valence-corrected chi connectivity index (χ0v) is 10.9. The largest absolute Gasteiger partial charge is 0.257 e. The molecule has 1 heterocycles. The smallest absolute Gasteiger partial charge is 0.0529 e. The Morgan fingerprint density at radius 2 is 1.76 bits per heavy atom. The summed E-state index contributed by atoms with van der Waals surface area (Å²) in [6.07, 6.45) is 1.00. The summed E-state index contributed by atoms with van der Waals surface area (Å²) in [6, 6.07) is 6.64.